The molecule has 1 amide bonds. The summed E-state index contributed by atoms with van der Waals surface area (Å²) < 4.78 is 20.1. The van der Waals surface area contributed by atoms with E-state index in [1.54, 1.807) is 44.4 Å². The summed E-state index contributed by atoms with van der Waals surface area (Å²) in [4.78, 5) is 29.2. The van der Waals surface area contributed by atoms with Gasteiger partial charge in [0, 0.05) is 17.3 Å². The minimum atomic E-state index is -0.546. The van der Waals surface area contributed by atoms with Crippen LogP contribution >= 0.6 is 0 Å². The van der Waals surface area contributed by atoms with Crippen LogP contribution in [-0.2, 0) is 11.3 Å². The molecule has 1 heterocycles. The number of rotatable bonds is 5. The molecule has 3 rings (SSSR count). The first kappa shape index (κ1) is 18.3. The average molecular weight is 367 g/mol. The highest BCUT2D eigenvalue weighted by Crippen LogP contribution is 2.20. The van der Waals surface area contributed by atoms with Gasteiger partial charge in [0.25, 0.3) is 5.56 Å². The number of para-hydroxylation sites is 1. The number of aromatic nitrogens is 2. The molecule has 6 nitrogen and oxygen atoms in total. The molecule has 0 aliphatic carbocycles. The Morgan fingerprint density at radius 3 is 2.56 bits per heavy atom. The largest absolute Gasteiger partial charge is 0.497 e. The Bertz CT molecular complexity index is 1030. The number of carbonyl (C=O) groups excluding carboxylic acids is 1. The van der Waals surface area contributed by atoms with Crippen LogP contribution < -0.4 is 15.6 Å². The first-order valence-corrected chi connectivity index (χ1v) is 8.25. The van der Waals surface area contributed by atoms with Crippen molar-refractivity contribution in [2.75, 3.05) is 12.4 Å². The molecule has 1 N–H and O–H groups in total. The molecule has 0 atom stereocenters. The molecule has 0 radical (unpaired) electrons. The van der Waals surface area contributed by atoms with Crippen molar-refractivity contribution >= 4 is 11.6 Å². The third-order valence-electron chi connectivity index (χ3n) is 3.93. The molecule has 0 spiro atoms. The van der Waals surface area contributed by atoms with E-state index >= 15 is 0 Å². The van der Waals surface area contributed by atoms with Gasteiger partial charge in [-0.3, -0.25) is 14.2 Å². The van der Waals surface area contributed by atoms with Crippen molar-refractivity contribution in [3.05, 3.63) is 76.5 Å². The van der Waals surface area contributed by atoms with E-state index in [0.29, 0.717) is 22.8 Å². The quantitative estimate of drug-likeness (QED) is 0.752. The van der Waals surface area contributed by atoms with Crippen molar-refractivity contribution in [1.82, 2.24) is 9.55 Å². The monoisotopic (exact) mass is 367 g/mol. The lowest BCUT2D eigenvalue weighted by Gasteiger charge is -2.13. The Labute approximate surface area is 155 Å². The van der Waals surface area contributed by atoms with Crippen LogP contribution in [0.2, 0.25) is 0 Å². The van der Waals surface area contributed by atoms with E-state index in [1.807, 2.05) is 0 Å². The molecule has 0 bridgehead atoms. The van der Waals surface area contributed by atoms with E-state index in [1.165, 1.54) is 28.8 Å². The van der Waals surface area contributed by atoms with Crippen LogP contribution in [-0.4, -0.2) is 22.6 Å². The summed E-state index contributed by atoms with van der Waals surface area (Å²) in [7, 11) is 1.56. The smallest absolute Gasteiger partial charge is 0.254 e. The molecule has 0 fully saturated rings. The highest BCUT2D eigenvalue weighted by Gasteiger charge is 2.14. The van der Waals surface area contributed by atoms with Gasteiger partial charge in [-0.05, 0) is 43.3 Å². The molecule has 0 aliphatic rings. The highest BCUT2D eigenvalue weighted by molar-refractivity contribution is 5.90. The third kappa shape index (κ3) is 4.20. The van der Waals surface area contributed by atoms with E-state index in [4.69, 9.17) is 4.74 Å². The lowest BCUT2D eigenvalue weighted by atomic mass is 10.2. The number of anilines is 1. The summed E-state index contributed by atoms with van der Waals surface area (Å²) >= 11 is 0. The van der Waals surface area contributed by atoms with Crippen molar-refractivity contribution in [1.29, 1.82) is 0 Å². The van der Waals surface area contributed by atoms with Crippen LogP contribution in [0.5, 0.6) is 5.75 Å². The normalized spacial score (nSPS) is 10.5. The molecule has 0 saturated heterocycles. The fourth-order valence-electron chi connectivity index (χ4n) is 2.63. The van der Waals surface area contributed by atoms with Gasteiger partial charge in [-0.1, -0.05) is 12.1 Å². The van der Waals surface area contributed by atoms with E-state index in [-0.39, 0.29) is 17.8 Å². The molecule has 0 saturated carbocycles. The topological polar surface area (TPSA) is 73.2 Å². The fraction of sp³-hybridized carbons (Fsp3) is 0.150. The van der Waals surface area contributed by atoms with E-state index in [0.717, 1.165) is 0 Å². The number of carbonyl (C=O) groups is 1. The third-order valence-corrected chi connectivity index (χ3v) is 3.93. The van der Waals surface area contributed by atoms with Crippen LogP contribution in [0.4, 0.5) is 10.1 Å². The van der Waals surface area contributed by atoms with Crippen LogP contribution in [0.25, 0.3) is 11.4 Å². The van der Waals surface area contributed by atoms with E-state index < -0.39 is 11.7 Å². The Morgan fingerprint density at radius 1 is 1.19 bits per heavy atom. The first-order chi connectivity index (χ1) is 13.0. The van der Waals surface area contributed by atoms with Gasteiger partial charge in [0.15, 0.2) is 0 Å². The number of nitrogens with one attached hydrogen (secondary N) is 1. The maximum Gasteiger partial charge on any atom is 0.254 e. The number of ether oxygens (including phenoxy) is 1. The SMILES string of the molecule is COc1ccc(-c2nc(C)cc(=O)n2CC(=O)Nc2ccccc2F)cc1. The number of nitrogens with zero attached hydrogens (tertiary/aromatic N) is 2. The number of methoxy groups -OCH3 is 1. The zero-order valence-corrected chi connectivity index (χ0v) is 14.9. The molecular weight excluding hydrogens is 349 g/mol. The molecule has 27 heavy (non-hydrogen) atoms. The second-order valence-corrected chi connectivity index (χ2v) is 5.90. The van der Waals surface area contributed by atoms with Crippen LogP contribution in [0.3, 0.4) is 0 Å². The lowest BCUT2D eigenvalue weighted by molar-refractivity contribution is -0.116. The zero-order chi connectivity index (χ0) is 19.4. The molecule has 3 aromatic rings. The maximum absolute atomic E-state index is 13.7. The lowest BCUT2D eigenvalue weighted by Crippen LogP contribution is -2.29. The second kappa shape index (κ2) is 7.82. The minimum absolute atomic E-state index is 0.0571. The highest BCUT2D eigenvalue weighted by atomic mass is 19.1. The summed E-state index contributed by atoms with van der Waals surface area (Å²) in [5.41, 5.74) is 0.894. The van der Waals surface area contributed by atoms with Crippen molar-refractivity contribution in [3.63, 3.8) is 0 Å². The predicted molar refractivity (Wildman–Crippen MR) is 100 cm³/mol. The molecule has 138 valence electrons. The standard InChI is InChI=1S/C20H18FN3O3/c1-13-11-19(26)24(12-18(25)23-17-6-4-3-5-16(17)21)20(22-13)14-7-9-15(27-2)10-8-14/h3-11H,12H2,1-2H3,(H,23,25). The summed E-state index contributed by atoms with van der Waals surface area (Å²) in [6.45, 7) is 1.42. The Hall–Kier alpha value is -3.48. The molecule has 0 unspecified atom stereocenters. The summed E-state index contributed by atoms with van der Waals surface area (Å²) in [5.74, 6) is -0.0536. The van der Waals surface area contributed by atoms with Crippen LogP contribution in [0, 0.1) is 12.7 Å². The number of benzene rings is 2. The van der Waals surface area contributed by atoms with Gasteiger partial charge in [0.1, 0.15) is 23.9 Å². The Morgan fingerprint density at radius 2 is 1.89 bits per heavy atom. The molecule has 7 heteroatoms. The Balaban J connectivity index is 1.93. The molecule has 0 aliphatic heterocycles. The maximum atomic E-state index is 13.7. The number of hydrogen-bond donors (Lipinski definition) is 1. The van der Waals surface area contributed by atoms with Gasteiger partial charge in [-0.15, -0.1) is 0 Å². The minimum Gasteiger partial charge on any atom is -0.497 e. The predicted octanol–water partition coefficient (Wildman–Crippen LogP) is 3.01. The van der Waals surface area contributed by atoms with Gasteiger partial charge >= 0.3 is 0 Å². The van der Waals surface area contributed by atoms with Gasteiger partial charge in [-0.25, -0.2) is 9.37 Å². The van der Waals surface area contributed by atoms with E-state index in [9.17, 15) is 14.0 Å². The molecule has 1 aromatic heterocycles. The zero-order valence-electron chi connectivity index (χ0n) is 14.9. The summed E-state index contributed by atoms with van der Waals surface area (Å²) in [5, 5.41) is 2.48. The van der Waals surface area contributed by atoms with Gasteiger partial charge in [0.2, 0.25) is 5.91 Å². The number of hydrogen-bond acceptors (Lipinski definition) is 4. The summed E-state index contributed by atoms with van der Waals surface area (Å²) in [6.07, 6.45) is 0. The first-order valence-electron chi connectivity index (χ1n) is 8.25. The fourth-order valence-corrected chi connectivity index (χ4v) is 2.63. The average Bonchev–Trinajstić information content (AvgIpc) is 2.66. The van der Waals surface area contributed by atoms with Crippen molar-refractivity contribution in [3.8, 4) is 17.1 Å². The van der Waals surface area contributed by atoms with Crippen molar-refractivity contribution < 1.29 is 13.9 Å². The van der Waals surface area contributed by atoms with Crippen LogP contribution in [0.1, 0.15) is 5.69 Å². The van der Waals surface area contributed by atoms with Gasteiger partial charge in [-0.2, -0.15) is 0 Å². The second-order valence-electron chi connectivity index (χ2n) is 5.90. The number of aryl methyl sites for hydroxylation is 1. The number of amides is 1. The van der Waals surface area contributed by atoms with E-state index in [2.05, 4.69) is 10.3 Å². The van der Waals surface area contributed by atoms with Crippen LogP contribution in [0.15, 0.2) is 59.4 Å². The Kier molecular flexibility index (Phi) is 5.30. The molecular formula is C20H18FN3O3. The van der Waals surface area contributed by atoms with Gasteiger partial charge < -0.3 is 10.1 Å². The van der Waals surface area contributed by atoms with Crippen molar-refractivity contribution in [2.24, 2.45) is 0 Å². The van der Waals surface area contributed by atoms with Crippen molar-refractivity contribution in [2.45, 2.75) is 13.5 Å². The van der Waals surface area contributed by atoms with Gasteiger partial charge in [0.05, 0.1) is 12.8 Å². The summed E-state index contributed by atoms with van der Waals surface area (Å²) in [6, 6.07) is 14.2. The molecule has 2 aromatic carbocycles. The number of halogens is 1.